The van der Waals surface area contributed by atoms with Gasteiger partial charge in [-0.05, 0) is 42.0 Å². The van der Waals surface area contributed by atoms with Crippen LogP contribution in [0.1, 0.15) is 78.3 Å². The topological polar surface area (TPSA) is 87.7 Å². The molecule has 156 valence electrons. The first-order valence-electron chi connectivity index (χ1n) is 9.70. The number of carbonyl (C=O) groups is 2. The van der Waals surface area contributed by atoms with Gasteiger partial charge in [-0.3, -0.25) is 4.79 Å². The maximum absolute atomic E-state index is 13.0. The molecule has 0 bridgehead atoms. The highest BCUT2D eigenvalue weighted by Gasteiger charge is 2.19. The van der Waals surface area contributed by atoms with E-state index < -0.39 is 11.9 Å². The van der Waals surface area contributed by atoms with Gasteiger partial charge in [-0.2, -0.15) is 0 Å². The van der Waals surface area contributed by atoms with E-state index >= 15 is 0 Å². The van der Waals surface area contributed by atoms with Gasteiger partial charge in [-0.25, -0.2) is 0 Å². The molecule has 0 aromatic heterocycles. The Hall–Kier alpha value is -3.02. The van der Waals surface area contributed by atoms with E-state index in [9.17, 15) is 14.7 Å². The summed E-state index contributed by atoms with van der Waals surface area (Å²) in [6, 6.07) is 8.47. The number of methoxy groups -OCH3 is 1. The summed E-state index contributed by atoms with van der Waals surface area (Å²) in [4.78, 5) is 24.6. The fourth-order valence-electron chi connectivity index (χ4n) is 3.07. The molecule has 0 aliphatic heterocycles. The number of hydrogen-bond acceptors (Lipinski definition) is 5. The molecule has 2 aromatic rings. The van der Waals surface area contributed by atoms with Crippen LogP contribution < -0.4 is 19.9 Å². The molecule has 0 atom stereocenters. The molecule has 2 aromatic carbocycles. The zero-order valence-corrected chi connectivity index (χ0v) is 17.8. The summed E-state index contributed by atoms with van der Waals surface area (Å²) in [7, 11) is 1.45. The predicted octanol–water partition coefficient (Wildman–Crippen LogP) is 3.96. The van der Waals surface area contributed by atoms with Gasteiger partial charge in [0.1, 0.15) is 0 Å². The Morgan fingerprint density at radius 3 is 2.21 bits per heavy atom. The molecule has 6 heteroatoms. The van der Waals surface area contributed by atoms with E-state index in [1.165, 1.54) is 19.2 Å². The van der Waals surface area contributed by atoms with E-state index in [1.54, 1.807) is 13.0 Å². The molecule has 29 heavy (non-hydrogen) atoms. The zero-order chi connectivity index (χ0) is 21.7. The van der Waals surface area contributed by atoms with Crippen LogP contribution in [-0.2, 0) is 0 Å². The van der Waals surface area contributed by atoms with E-state index in [0.29, 0.717) is 23.8 Å². The van der Waals surface area contributed by atoms with Crippen molar-refractivity contribution in [2.75, 3.05) is 19.0 Å². The number of carboxylic acid groups (broad SMARTS) is 1. The number of aromatic carboxylic acids is 1. The van der Waals surface area contributed by atoms with Crippen molar-refractivity contribution < 1.29 is 24.2 Å². The zero-order valence-electron chi connectivity index (χ0n) is 17.8. The van der Waals surface area contributed by atoms with Gasteiger partial charge in [0.25, 0.3) is 5.91 Å². The molecule has 0 aliphatic rings. The Bertz CT molecular complexity index is 902. The molecule has 0 heterocycles. The van der Waals surface area contributed by atoms with Crippen molar-refractivity contribution in [2.45, 2.75) is 46.5 Å². The van der Waals surface area contributed by atoms with Crippen LogP contribution in [0.2, 0.25) is 0 Å². The van der Waals surface area contributed by atoms with Crippen molar-refractivity contribution in [1.82, 2.24) is 0 Å². The fraction of sp³-hybridized carbons (Fsp3) is 0.391. The maximum atomic E-state index is 13.0. The van der Waals surface area contributed by atoms with Gasteiger partial charge in [0.15, 0.2) is 11.5 Å². The molecular weight excluding hydrogens is 370 g/mol. The quantitative estimate of drug-likeness (QED) is 0.727. The van der Waals surface area contributed by atoms with E-state index in [4.69, 9.17) is 9.47 Å². The lowest BCUT2D eigenvalue weighted by Crippen LogP contribution is -2.25. The number of anilines is 1. The van der Waals surface area contributed by atoms with Crippen molar-refractivity contribution in [3.8, 4) is 11.5 Å². The first-order chi connectivity index (χ1) is 13.7. The van der Waals surface area contributed by atoms with E-state index in [1.807, 2.05) is 26.0 Å². The Morgan fingerprint density at radius 2 is 1.69 bits per heavy atom. The van der Waals surface area contributed by atoms with Crippen molar-refractivity contribution in [2.24, 2.45) is 0 Å². The SMILES string of the molecule is CCOc1cc(C(=O)[O-])c(NC(=O)c2ccc(C(C)C)cc2C(C)C)cc1OC. The predicted molar refractivity (Wildman–Crippen MR) is 111 cm³/mol. The van der Waals surface area contributed by atoms with Crippen molar-refractivity contribution in [3.05, 3.63) is 52.6 Å². The van der Waals surface area contributed by atoms with Crippen LogP contribution in [0.3, 0.4) is 0 Å². The molecule has 0 spiro atoms. The molecule has 0 radical (unpaired) electrons. The van der Waals surface area contributed by atoms with Gasteiger partial charge in [0.2, 0.25) is 0 Å². The Balaban J connectivity index is 2.48. The lowest BCUT2D eigenvalue weighted by Gasteiger charge is -2.19. The summed E-state index contributed by atoms with van der Waals surface area (Å²) in [6.45, 7) is 10.3. The smallest absolute Gasteiger partial charge is 0.255 e. The molecule has 0 fully saturated rings. The van der Waals surface area contributed by atoms with Crippen molar-refractivity contribution >= 4 is 17.6 Å². The second kappa shape index (κ2) is 9.45. The van der Waals surface area contributed by atoms with Crippen LogP contribution in [0.15, 0.2) is 30.3 Å². The molecule has 6 nitrogen and oxygen atoms in total. The summed E-state index contributed by atoms with van der Waals surface area (Å²) >= 11 is 0. The maximum Gasteiger partial charge on any atom is 0.255 e. The first kappa shape index (κ1) is 22.3. The van der Waals surface area contributed by atoms with Gasteiger partial charge >= 0.3 is 0 Å². The molecule has 0 saturated carbocycles. The Kier molecular flexibility index (Phi) is 7.26. The highest BCUT2D eigenvalue weighted by molar-refractivity contribution is 6.08. The fourth-order valence-corrected chi connectivity index (χ4v) is 3.07. The minimum atomic E-state index is -1.41. The van der Waals surface area contributed by atoms with Crippen LogP contribution in [0.5, 0.6) is 11.5 Å². The Labute approximate surface area is 171 Å². The van der Waals surface area contributed by atoms with Crippen LogP contribution >= 0.6 is 0 Å². The summed E-state index contributed by atoms with van der Waals surface area (Å²) in [6.07, 6.45) is 0. The summed E-state index contributed by atoms with van der Waals surface area (Å²) < 4.78 is 10.7. The van der Waals surface area contributed by atoms with Gasteiger partial charge in [0.05, 0.1) is 25.4 Å². The van der Waals surface area contributed by atoms with E-state index in [2.05, 4.69) is 19.2 Å². The summed E-state index contributed by atoms with van der Waals surface area (Å²) in [5.74, 6) is -0.738. The molecule has 0 saturated heterocycles. The van der Waals surface area contributed by atoms with Crippen LogP contribution in [-0.4, -0.2) is 25.6 Å². The van der Waals surface area contributed by atoms with Gasteiger partial charge in [0, 0.05) is 17.2 Å². The molecule has 1 amide bonds. The Morgan fingerprint density at radius 1 is 1.00 bits per heavy atom. The standard InChI is InChI=1S/C23H29NO5/c1-7-29-21-11-18(23(26)27)19(12-20(21)28-6)24-22(25)16-9-8-15(13(2)3)10-17(16)14(4)5/h8-14H,7H2,1-6H3,(H,24,25)(H,26,27)/p-1. The van der Waals surface area contributed by atoms with E-state index in [-0.39, 0.29) is 22.9 Å². The molecule has 0 unspecified atom stereocenters. The van der Waals surface area contributed by atoms with Gasteiger partial charge in [-0.1, -0.05) is 39.8 Å². The number of carboxylic acids is 1. The van der Waals surface area contributed by atoms with E-state index in [0.717, 1.165) is 11.1 Å². The number of amides is 1. The molecular formula is C23H28NO5-. The number of carbonyl (C=O) groups excluding carboxylic acids is 2. The number of rotatable bonds is 8. The minimum absolute atomic E-state index is 0.0953. The van der Waals surface area contributed by atoms with Crippen molar-refractivity contribution in [3.63, 3.8) is 0 Å². The average Bonchev–Trinajstić information content (AvgIpc) is 2.67. The minimum Gasteiger partial charge on any atom is -0.545 e. The second-order valence-corrected chi connectivity index (χ2v) is 7.38. The number of hydrogen-bond donors (Lipinski definition) is 1. The molecule has 1 N–H and O–H groups in total. The van der Waals surface area contributed by atoms with Gasteiger partial charge < -0.3 is 24.7 Å². The highest BCUT2D eigenvalue weighted by atomic mass is 16.5. The normalized spacial score (nSPS) is 10.9. The number of ether oxygens (including phenoxy) is 2. The van der Waals surface area contributed by atoms with Crippen LogP contribution in [0.25, 0.3) is 0 Å². The van der Waals surface area contributed by atoms with Crippen LogP contribution in [0, 0.1) is 0 Å². The highest BCUT2D eigenvalue weighted by Crippen LogP contribution is 2.34. The van der Waals surface area contributed by atoms with Crippen LogP contribution in [0.4, 0.5) is 5.69 Å². The summed E-state index contributed by atoms with van der Waals surface area (Å²) in [5, 5.41) is 14.3. The van der Waals surface area contributed by atoms with Crippen molar-refractivity contribution in [1.29, 1.82) is 0 Å². The molecule has 2 rings (SSSR count). The average molecular weight is 398 g/mol. The lowest BCUT2D eigenvalue weighted by atomic mass is 9.91. The largest absolute Gasteiger partial charge is 0.545 e. The second-order valence-electron chi connectivity index (χ2n) is 7.38. The molecule has 0 aliphatic carbocycles. The first-order valence-corrected chi connectivity index (χ1v) is 9.70. The monoisotopic (exact) mass is 398 g/mol. The third-order valence-electron chi connectivity index (χ3n) is 4.68. The summed E-state index contributed by atoms with van der Waals surface area (Å²) in [5.41, 5.74) is 2.47. The number of benzene rings is 2. The third-order valence-corrected chi connectivity index (χ3v) is 4.68. The third kappa shape index (κ3) is 5.08. The lowest BCUT2D eigenvalue weighted by molar-refractivity contribution is -0.254. The number of nitrogens with one attached hydrogen (secondary N) is 1. The van der Waals surface area contributed by atoms with Gasteiger partial charge in [-0.15, -0.1) is 0 Å².